The van der Waals surface area contributed by atoms with Crippen LogP contribution in [0.5, 0.6) is 0 Å². The molecule has 0 spiro atoms. The third kappa shape index (κ3) is 9.71. The van der Waals surface area contributed by atoms with Crippen molar-refractivity contribution in [2.24, 2.45) is 0 Å². The summed E-state index contributed by atoms with van der Waals surface area (Å²) < 4.78 is 10.5. The fraction of sp³-hybridized carbons (Fsp3) is 0.818. The molecule has 0 saturated heterocycles. The molecule has 1 N–H and O–H groups in total. The quantitative estimate of drug-likeness (QED) is 0.430. The maximum Gasteiger partial charge on any atom is 0.0671 e. The minimum absolute atomic E-state index is 0.275. The Morgan fingerprint density at radius 2 is 2.21 bits per heavy atom. The second kappa shape index (κ2) is 10.7. The van der Waals surface area contributed by atoms with Crippen LogP contribution in [0.3, 0.4) is 0 Å². The third-order valence-electron chi connectivity index (χ3n) is 1.86. The smallest absolute Gasteiger partial charge is 0.0671 e. The molecule has 1 unspecified atom stereocenters. The number of ether oxygens (including phenoxy) is 2. The molecule has 0 bridgehead atoms. The Kier molecular flexibility index (Phi) is 10.4. The molecule has 0 amide bonds. The van der Waals surface area contributed by atoms with E-state index in [1.807, 2.05) is 6.08 Å². The van der Waals surface area contributed by atoms with Gasteiger partial charge in [0.15, 0.2) is 0 Å². The normalized spacial score (nSPS) is 12.7. The predicted molar refractivity (Wildman–Crippen MR) is 59.6 cm³/mol. The molecule has 0 aromatic carbocycles. The molecule has 0 aromatic rings. The molecule has 3 heteroatoms. The first-order valence-corrected chi connectivity index (χ1v) is 5.23. The molecular formula is C11H23NO2. The van der Waals surface area contributed by atoms with Crippen molar-refractivity contribution >= 4 is 0 Å². The summed E-state index contributed by atoms with van der Waals surface area (Å²) in [4.78, 5) is 0. The molecule has 14 heavy (non-hydrogen) atoms. The molecule has 0 aliphatic carbocycles. The predicted octanol–water partition coefficient (Wildman–Crippen LogP) is 1.59. The van der Waals surface area contributed by atoms with Gasteiger partial charge in [-0.3, -0.25) is 0 Å². The zero-order valence-corrected chi connectivity index (χ0v) is 9.42. The Labute approximate surface area is 87.5 Å². The van der Waals surface area contributed by atoms with Gasteiger partial charge >= 0.3 is 0 Å². The molecule has 3 nitrogen and oxygen atoms in total. The Balaban J connectivity index is 3.09. The fourth-order valence-electron chi connectivity index (χ4n) is 1.06. The largest absolute Gasteiger partial charge is 0.385 e. The monoisotopic (exact) mass is 201 g/mol. The number of hydrogen-bond donors (Lipinski definition) is 1. The van der Waals surface area contributed by atoms with Gasteiger partial charge in [0.25, 0.3) is 0 Å². The molecule has 0 aliphatic rings. The van der Waals surface area contributed by atoms with Gasteiger partial charge < -0.3 is 14.8 Å². The highest BCUT2D eigenvalue weighted by atomic mass is 16.5. The van der Waals surface area contributed by atoms with Crippen LogP contribution in [0.25, 0.3) is 0 Å². The number of nitrogens with one attached hydrogen (secondary N) is 1. The van der Waals surface area contributed by atoms with Crippen molar-refractivity contribution in [3.8, 4) is 0 Å². The van der Waals surface area contributed by atoms with Crippen LogP contribution in [0.15, 0.2) is 12.7 Å². The van der Waals surface area contributed by atoms with Gasteiger partial charge in [-0.05, 0) is 26.3 Å². The van der Waals surface area contributed by atoms with Crippen LogP contribution in [0.2, 0.25) is 0 Å². The van der Waals surface area contributed by atoms with E-state index in [9.17, 15) is 0 Å². The number of hydrogen-bond acceptors (Lipinski definition) is 3. The van der Waals surface area contributed by atoms with E-state index in [2.05, 4.69) is 18.8 Å². The van der Waals surface area contributed by atoms with Gasteiger partial charge in [-0.25, -0.2) is 0 Å². The highest BCUT2D eigenvalue weighted by Gasteiger charge is 1.99. The molecule has 84 valence electrons. The average Bonchev–Trinajstić information content (AvgIpc) is 2.18. The van der Waals surface area contributed by atoms with Gasteiger partial charge in [-0.1, -0.05) is 6.08 Å². The van der Waals surface area contributed by atoms with E-state index in [4.69, 9.17) is 9.47 Å². The summed E-state index contributed by atoms with van der Waals surface area (Å²) in [6.07, 6.45) is 4.13. The van der Waals surface area contributed by atoms with E-state index >= 15 is 0 Å². The van der Waals surface area contributed by atoms with Crippen LogP contribution in [0.1, 0.15) is 19.8 Å². The topological polar surface area (TPSA) is 30.5 Å². The summed E-state index contributed by atoms with van der Waals surface area (Å²) in [6, 6.07) is 0. The Morgan fingerprint density at radius 3 is 2.86 bits per heavy atom. The first-order valence-electron chi connectivity index (χ1n) is 5.23. The molecule has 1 atom stereocenters. The van der Waals surface area contributed by atoms with Gasteiger partial charge in [0.2, 0.25) is 0 Å². The van der Waals surface area contributed by atoms with E-state index in [0.717, 1.165) is 39.1 Å². The molecule has 0 aliphatic heterocycles. The summed E-state index contributed by atoms with van der Waals surface area (Å²) >= 11 is 0. The molecule has 0 radical (unpaired) electrons. The lowest BCUT2D eigenvalue weighted by molar-refractivity contribution is 0.0690. The van der Waals surface area contributed by atoms with Gasteiger partial charge in [0, 0.05) is 20.3 Å². The zero-order valence-electron chi connectivity index (χ0n) is 9.42. The van der Waals surface area contributed by atoms with E-state index in [1.54, 1.807) is 7.11 Å². The summed E-state index contributed by atoms with van der Waals surface area (Å²) in [5.41, 5.74) is 0. The molecular weight excluding hydrogens is 178 g/mol. The van der Waals surface area contributed by atoms with E-state index < -0.39 is 0 Å². The molecule has 0 saturated carbocycles. The van der Waals surface area contributed by atoms with Gasteiger partial charge in [-0.15, -0.1) is 6.58 Å². The van der Waals surface area contributed by atoms with Crippen molar-refractivity contribution in [2.45, 2.75) is 25.9 Å². The highest BCUT2D eigenvalue weighted by Crippen LogP contribution is 1.91. The SMILES string of the molecule is C=CCCOC(C)CNCCCOC. The van der Waals surface area contributed by atoms with E-state index in [-0.39, 0.29) is 6.10 Å². The molecule has 0 heterocycles. The van der Waals surface area contributed by atoms with Crippen LogP contribution in [0, 0.1) is 0 Å². The molecule has 0 rings (SSSR count). The minimum Gasteiger partial charge on any atom is -0.385 e. The second-order valence-electron chi connectivity index (χ2n) is 3.31. The van der Waals surface area contributed by atoms with Gasteiger partial charge in [0.1, 0.15) is 0 Å². The van der Waals surface area contributed by atoms with Crippen molar-refractivity contribution in [1.82, 2.24) is 5.32 Å². The Hall–Kier alpha value is -0.380. The second-order valence-corrected chi connectivity index (χ2v) is 3.31. The van der Waals surface area contributed by atoms with Crippen molar-refractivity contribution < 1.29 is 9.47 Å². The van der Waals surface area contributed by atoms with Crippen LogP contribution in [0.4, 0.5) is 0 Å². The van der Waals surface area contributed by atoms with Crippen molar-refractivity contribution in [2.75, 3.05) is 33.4 Å². The minimum atomic E-state index is 0.275. The Bertz CT molecular complexity index is 128. The maximum atomic E-state index is 5.52. The summed E-state index contributed by atoms with van der Waals surface area (Å²) in [5, 5.41) is 3.32. The first-order chi connectivity index (χ1) is 6.81. The lowest BCUT2D eigenvalue weighted by atomic mass is 10.3. The van der Waals surface area contributed by atoms with Gasteiger partial charge in [0.05, 0.1) is 12.7 Å². The zero-order chi connectivity index (χ0) is 10.6. The van der Waals surface area contributed by atoms with Crippen molar-refractivity contribution in [3.05, 3.63) is 12.7 Å². The van der Waals surface area contributed by atoms with Crippen LogP contribution in [-0.4, -0.2) is 39.5 Å². The van der Waals surface area contributed by atoms with Crippen LogP contribution < -0.4 is 5.32 Å². The molecule has 0 fully saturated rings. The number of rotatable bonds is 10. The Morgan fingerprint density at radius 1 is 1.43 bits per heavy atom. The summed E-state index contributed by atoms with van der Waals surface area (Å²) in [7, 11) is 1.72. The summed E-state index contributed by atoms with van der Waals surface area (Å²) in [6.45, 7) is 9.20. The first kappa shape index (κ1) is 13.6. The lowest BCUT2D eigenvalue weighted by Gasteiger charge is -2.13. The fourth-order valence-corrected chi connectivity index (χ4v) is 1.06. The van der Waals surface area contributed by atoms with Gasteiger partial charge in [-0.2, -0.15) is 0 Å². The van der Waals surface area contributed by atoms with Crippen LogP contribution in [-0.2, 0) is 9.47 Å². The van der Waals surface area contributed by atoms with Crippen molar-refractivity contribution in [3.63, 3.8) is 0 Å². The van der Waals surface area contributed by atoms with Crippen molar-refractivity contribution in [1.29, 1.82) is 0 Å². The molecule has 0 aromatic heterocycles. The highest BCUT2D eigenvalue weighted by molar-refractivity contribution is 4.65. The van der Waals surface area contributed by atoms with Crippen LogP contribution >= 0.6 is 0 Å². The van der Waals surface area contributed by atoms with E-state index in [1.165, 1.54) is 0 Å². The number of methoxy groups -OCH3 is 1. The lowest BCUT2D eigenvalue weighted by Crippen LogP contribution is -2.28. The third-order valence-corrected chi connectivity index (χ3v) is 1.86. The average molecular weight is 201 g/mol. The standard InChI is InChI=1S/C11H23NO2/c1-4-5-9-14-11(2)10-12-7-6-8-13-3/h4,11-12H,1,5-10H2,2-3H3. The maximum absolute atomic E-state index is 5.52. The summed E-state index contributed by atoms with van der Waals surface area (Å²) in [5.74, 6) is 0. The van der Waals surface area contributed by atoms with E-state index in [0.29, 0.717) is 0 Å².